The predicted molar refractivity (Wildman–Crippen MR) is 123 cm³/mol. The largest absolute Gasteiger partial charge is 0.488 e. The van der Waals surface area contributed by atoms with Crippen LogP contribution in [0.3, 0.4) is 0 Å². The lowest BCUT2D eigenvalue weighted by atomic mass is 9.88. The van der Waals surface area contributed by atoms with Crippen molar-refractivity contribution in [1.82, 2.24) is 5.32 Å². The molecule has 0 aliphatic carbocycles. The molecule has 162 valence electrons. The molecule has 4 rings (SSSR count). The molecule has 0 saturated heterocycles. The van der Waals surface area contributed by atoms with Crippen LogP contribution in [0.15, 0.2) is 90.5 Å². The molecule has 1 heterocycles. The highest BCUT2D eigenvalue weighted by atomic mass is 16.5. The van der Waals surface area contributed by atoms with E-state index in [0.29, 0.717) is 12.1 Å². The van der Waals surface area contributed by atoms with Crippen LogP contribution in [0.2, 0.25) is 0 Å². The van der Waals surface area contributed by atoms with Crippen LogP contribution < -0.4 is 10.1 Å². The summed E-state index contributed by atoms with van der Waals surface area (Å²) in [6.45, 7) is 0.288. The number of esters is 1. The van der Waals surface area contributed by atoms with Crippen LogP contribution in [-0.2, 0) is 14.3 Å². The molecule has 1 amide bonds. The number of para-hydroxylation sites is 1. The Bertz CT molecular complexity index is 1050. The van der Waals surface area contributed by atoms with Gasteiger partial charge in [-0.15, -0.1) is 0 Å². The zero-order chi connectivity index (χ0) is 22.2. The van der Waals surface area contributed by atoms with Gasteiger partial charge in [0.05, 0.1) is 5.57 Å². The summed E-state index contributed by atoms with van der Waals surface area (Å²) in [5.41, 5.74) is 3.61. The van der Waals surface area contributed by atoms with Crippen molar-refractivity contribution in [3.8, 4) is 5.75 Å². The van der Waals surface area contributed by atoms with Crippen LogP contribution >= 0.6 is 0 Å². The fourth-order valence-electron chi connectivity index (χ4n) is 3.76. The quantitative estimate of drug-likeness (QED) is 0.543. The van der Waals surface area contributed by atoms with Gasteiger partial charge in [-0.25, -0.2) is 4.79 Å². The van der Waals surface area contributed by atoms with Crippen LogP contribution in [0, 0.1) is 0 Å². The number of carbonyl (C=O) groups excluding carboxylic acids is 2. The van der Waals surface area contributed by atoms with Crippen molar-refractivity contribution in [2.24, 2.45) is 0 Å². The van der Waals surface area contributed by atoms with Crippen molar-refractivity contribution in [3.63, 3.8) is 0 Å². The first-order chi connectivity index (χ1) is 15.7. The number of fused-ring (bicyclic) bond motifs is 1. The molecule has 0 bridgehead atoms. The maximum absolute atomic E-state index is 12.3. The Morgan fingerprint density at radius 3 is 2.19 bits per heavy atom. The average molecular weight is 428 g/mol. The highest BCUT2D eigenvalue weighted by molar-refractivity contribution is 5.96. The summed E-state index contributed by atoms with van der Waals surface area (Å²) in [4.78, 5) is 24.6. The molecule has 0 aromatic heterocycles. The molecule has 0 unspecified atom stereocenters. The van der Waals surface area contributed by atoms with E-state index in [1.165, 1.54) is 11.1 Å². The zero-order valence-corrected chi connectivity index (χ0v) is 17.7. The minimum atomic E-state index is -0.541. The monoisotopic (exact) mass is 427 g/mol. The van der Waals surface area contributed by atoms with E-state index in [2.05, 4.69) is 29.6 Å². The Morgan fingerprint density at radius 1 is 0.875 bits per heavy atom. The lowest BCUT2D eigenvalue weighted by Crippen LogP contribution is -2.31. The molecule has 3 aromatic rings. The number of nitrogens with one attached hydrogen (secondary N) is 1. The van der Waals surface area contributed by atoms with Crippen LogP contribution in [0.5, 0.6) is 5.75 Å². The van der Waals surface area contributed by atoms with Crippen LogP contribution in [0.25, 0.3) is 6.08 Å². The van der Waals surface area contributed by atoms with Crippen molar-refractivity contribution in [3.05, 3.63) is 107 Å². The third-order valence-electron chi connectivity index (χ3n) is 5.39. The highest BCUT2D eigenvalue weighted by Gasteiger charge is 2.19. The second-order valence-corrected chi connectivity index (χ2v) is 7.58. The molecule has 5 nitrogen and oxygen atoms in total. The predicted octanol–water partition coefficient (Wildman–Crippen LogP) is 4.34. The van der Waals surface area contributed by atoms with Gasteiger partial charge in [-0.2, -0.15) is 0 Å². The van der Waals surface area contributed by atoms with E-state index in [0.717, 1.165) is 17.7 Å². The first-order valence-corrected chi connectivity index (χ1v) is 10.7. The summed E-state index contributed by atoms with van der Waals surface area (Å²) in [6.07, 6.45) is 2.48. The standard InChI is InChI=1S/C27H25NO4/c29-26(19-32-27(30)23-17-22-13-7-8-14-25(22)31-18-23)28-16-15-24(20-9-3-1-4-10-20)21-11-5-2-6-12-21/h1-14,17,24H,15-16,18-19H2,(H,28,29). The van der Waals surface area contributed by atoms with E-state index in [9.17, 15) is 9.59 Å². The summed E-state index contributed by atoms with van der Waals surface area (Å²) in [5, 5.41) is 2.86. The summed E-state index contributed by atoms with van der Waals surface area (Å²) in [7, 11) is 0. The molecule has 1 aliphatic rings. The van der Waals surface area contributed by atoms with Gasteiger partial charge in [0.25, 0.3) is 5.91 Å². The molecule has 5 heteroatoms. The van der Waals surface area contributed by atoms with Gasteiger partial charge in [-0.05, 0) is 29.7 Å². The molecule has 1 aliphatic heterocycles. The number of amides is 1. The normalized spacial score (nSPS) is 12.3. The van der Waals surface area contributed by atoms with E-state index in [-0.39, 0.29) is 25.0 Å². The van der Waals surface area contributed by atoms with Gasteiger partial charge < -0.3 is 14.8 Å². The Morgan fingerprint density at radius 2 is 1.50 bits per heavy atom. The molecule has 1 N–H and O–H groups in total. The first kappa shape index (κ1) is 21.4. The Kier molecular flexibility index (Phi) is 6.98. The molecule has 0 fully saturated rings. The number of benzene rings is 3. The molecule has 0 saturated carbocycles. The fraction of sp³-hybridized carbons (Fsp3) is 0.185. The first-order valence-electron chi connectivity index (χ1n) is 10.7. The minimum Gasteiger partial charge on any atom is -0.488 e. The summed E-state index contributed by atoms with van der Waals surface area (Å²) < 4.78 is 10.8. The van der Waals surface area contributed by atoms with Gasteiger partial charge in [-0.1, -0.05) is 78.9 Å². The Labute approximate surface area is 187 Å². The van der Waals surface area contributed by atoms with E-state index in [1.54, 1.807) is 6.08 Å². The number of ether oxygens (including phenoxy) is 2. The maximum Gasteiger partial charge on any atom is 0.338 e. The van der Waals surface area contributed by atoms with Crippen molar-refractivity contribution >= 4 is 18.0 Å². The van der Waals surface area contributed by atoms with Gasteiger partial charge in [-0.3, -0.25) is 4.79 Å². The lowest BCUT2D eigenvalue weighted by molar-refractivity contribution is -0.145. The van der Waals surface area contributed by atoms with Crippen LogP contribution in [0.4, 0.5) is 0 Å². The van der Waals surface area contributed by atoms with Gasteiger partial charge in [0.15, 0.2) is 6.61 Å². The molecule has 0 spiro atoms. The van der Waals surface area contributed by atoms with Gasteiger partial charge in [0, 0.05) is 18.0 Å². The second kappa shape index (κ2) is 10.4. The van der Waals surface area contributed by atoms with Crippen molar-refractivity contribution < 1.29 is 19.1 Å². The summed E-state index contributed by atoms with van der Waals surface area (Å²) >= 11 is 0. The molecule has 3 aromatic carbocycles. The topological polar surface area (TPSA) is 64.6 Å². The number of rotatable bonds is 8. The average Bonchev–Trinajstić information content (AvgIpc) is 2.86. The van der Waals surface area contributed by atoms with Gasteiger partial charge in [0.2, 0.25) is 0 Å². The van der Waals surface area contributed by atoms with E-state index in [4.69, 9.17) is 9.47 Å². The van der Waals surface area contributed by atoms with Crippen molar-refractivity contribution in [1.29, 1.82) is 0 Å². The molecule has 0 radical (unpaired) electrons. The fourth-order valence-corrected chi connectivity index (χ4v) is 3.76. The SMILES string of the molecule is O=C(COC(=O)C1=Cc2ccccc2OC1)NCCC(c1ccccc1)c1ccccc1. The number of hydrogen-bond acceptors (Lipinski definition) is 4. The van der Waals surface area contributed by atoms with Crippen molar-refractivity contribution in [2.75, 3.05) is 19.8 Å². The molecular formula is C27H25NO4. The summed E-state index contributed by atoms with van der Waals surface area (Å²) in [5.74, 6) is 0.0371. The molecule has 0 atom stereocenters. The molecule has 32 heavy (non-hydrogen) atoms. The zero-order valence-electron chi connectivity index (χ0n) is 17.7. The van der Waals surface area contributed by atoms with Gasteiger partial charge in [0.1, 0.15) is 12.4 Å². The minimum absolute atomic E-state index is 0.132. The second-order valence-electron chi connectivity index (χ2n) is 7.58. The highest BCUT2D eigenvalue weighted by Crippen LogP contribution is 2.28. The Hall–Kier alpha value is -3.86. The van der Waals surface area contributed by atoms with Gasteiger partial charge >= 0.3 is 5.97 Å². The number of carbonyl (C=O) groups is 2. The van der Waals surface area contributed by atoms with E-state index >= 15 is 0 Å². The van der Waals surface area contributed by atoms with E-state index < -0.39 is 5.97 Å². The third kappa shape index (κ3) is 5.43. The third-order valence-corrected chi connectivity index (χ3v) is 5.39. The summed E-state index contributed by atoms with van der Waals surface area (Å²) in [6, 6.07) is 27.9. The van der Waals surface area contributed by atoms with Crippen LogP contribution in [0.1, 0.15) is 29.0 Å². The smallest absolute Gasteiger partial charge is 0.338 e. The number of hydrogen-bond donors (Lipinski definition) is 1. The van der Waals surface area contributed by atoms with E-state index in [1.807, 2.05) is 60.7 Å². The maximum atomic E-state index is 12.3. The Balaban J connectivity index is 1.28. The van der Waals surface area contributed by atoms with Crippen LogP contribution in [-0.4, -0.2) is 31.6 Å². The van der Waals surface area contributed by atoms with Crippen molar-refractivity contribution in [2.45, 2.75) is 12.3 Å². The lowest BCUT2D eigenvalue weighted by Gasteiger charge is -2.19. The molecular weight excluding hydrogens is 402 g/mol.